The van der Waals surface area contributed by atoms with E-state index in [0.717, 1.165) is 12.8 Å². The zero-order valence-electron chi connectivity index (χ0n) is 11.5. The fourth-order valence-electron chi connectivity index (χ4n) is 1.75. The van der Waals surface area contributed by atoms with Gasteiger partial charge in [0.25, 0.3) is 0 Å². The van der Waals surface area contributed by atoms with Crippen molar-refractivity contribution < 1.29 is 13.2 Å². The van der Waals surface area contributed by atoms with Gasteiger partial charge in [-0.25, -0.2) is 8.42 Å². The first-order valence-electron chi connectivity index (χ1n) is 6.20. The Labute approximate surface area is 105 Å². The lowest BCUT2D eigenvalue weighted by atomic mass is 9.99. The van der Waals surface area contributed by atoms with Crippen molar-refractivity contribution >= 4 is 15.7 Å². The Morgan fingerprint density at radius 3 is 2.18 bits per heavy atom. The molecule has 0 fully saturated rings. The molecule has 0 radical (unpaired) electrons. The molecule has 1 amide bonds. The van der Waals surface area contributed by atoms with Gasteiger partial charge < -0.3 is 5.32 Å². The van der Waals surface area contributed by atoms with Crippen LogP contribution in [0, 0.1) is 0 Å². The van der Waals surface area contributed by atoms with Crippen LogP contribution in [0.15, 0.2) is 0 Å². The highest BCUT2D eigenvalue weighted by Crippen LogP contribution is 2.13. The van der Waals surface area contributed by atoms with Crippen LogP contribution in [0.2, 0.25) is 0 Å². The molecule has 0 spiro atoms. The van der Waals surface area contributed by atoms with Gasteiger partial charge in [0.05, 0.1) is 5.75 Å². The normalized spacial score (nSPS) is 14.4. The van der Waals surface area contributed by atoms with E-state index in [9.17, 15) is 13.2 Å². The number of rotatable bonds is 7. The van der Waals surface area contributed by atoms with Crippen molar-refractivity contribution in [1.29, 1.82) is 0 Å². The third-order valence-corrected chi connectivity index (χ3v) is 5.00. The number of hydrogen-bond donors (Lipinski definition) is 1. The van der Waals surface area contributed by atoms with E-state index in [0.29, 0.717) is 6.42 Å². The van der Waals surface area contributed by atoms with Gasteiger partial charge in [-0.2, -0.15) is 0 Å². The third-order valence-electron chi connectivity index (χ3n) is 2.73. The van der Waals surface area contributed by atoms with E-state index in [-0.39, 0.29) is 11.3 Å². The fourth-order valence-corrected chi connectivity index (χ4v) is 3.05. The van der Waals surface area contributed by atoms with Crippen LogP contribution < -0.4 is 5.32 Å². The first kappa shape index (κ1) is 16.4. The van der Waals surface area contributed by atoms with Crippen LogP contribution >= 0.6 is 0 Å². The van der Waals surface area contributed by atoms with E-state index >= 15 is 0 Å². The molecule has 1 N–H and O–H groups in total. The second-order valence-corrected chi connectivity index (χ2v) is 7.57. The molecule has 102 valence electrons. The Hall–Kier alpha value is -0.580. The number of carbonyl (C=O) groups excluding carboxylic acids is 1. The Bertz CT molecular complexity index is 347. The predicted molar refractivity (Wildman–Crippen MR) is 70.7 cm³/mol. The molecular formula is C12H25NO3S. The summed E-state index contributed by atoms with van der Waals surface area (Å²) in [6.45, 7) is 9.11. The quantitative estimate of drug-likeness (QED) is 0.763. The SMILES string of the molecule is CCCC(C)(C)NC(=O)C(C)S(=O)(=O)CCC. The van der Waals surface area contributed by atoms with E-state index in [4.69, 9.17) is 0 Å². The molecule has 0 saturated carbocycles. The molecule has 4 nitrogen and oxygen atoms in total. The molecule has 17 heavy (non-hydrogen) atoms. The number of hydrogen-bond acceptors (Lipinski definition) is 3. The minimum atomic E-state index is -3.31. The molecular weight excluding hydrogens is 238 g/mol. The van der Waals surface area contributed by atoms with Crippen molar-refractivity contribution in [2.24, 2.45) is 0 Å². The third kappa shape index (κ3) is 5.52. The summed E-state index contributed by atoms with van der Waals surface area (Å²) in [7, 11) is -3.31. The van der Waals surface area contributed by atoms with Crippen molar-refractivity contribution in [3.8, 4) is 0 Å². The minimum absolute atomic E-state index is 0.0653. The molecule has 0 aliphatic heterocycles. The van der Waals surface area contributed by atoms with Crippen LogP contribution in [0.4, 0.5) is 0 Å². The van der Waals surface area contributed by atoms with Gasteiger partial charge in [-0.3, -0.25) is 4.79 Å². The van der Waals surface area contributed by atoms with Crippen molar-refractivity contribution in [2.75, 3.05) is 5.75 Å². The van der Waals surface area contributed by atoms with Gasteiger partial charge >= 0.3 is 0 Å². The summed E-state index contributed by atoms with van der Waals surface area (Å²) < 4.78 is 23.5. The van der Waals surface area contributed by atoms with Gasteiger partial charge in [-0.1, -0.05) is 20.3 Å². The zero-order chi connectivity index (χ0) is 13.7. The molecule has 0 aromatic rings. The van der Waals surface area contributed by atoms with Crippen molar-refractivity contribution in [3.05, 3.63) is 0 Å². The molecule has 0 aromatic carbocycles. The molecule has 0 bridgehead atoms. The second-order valence-electron chi connectivity index (χ2n) is 5.13. The largest absolute Gasteiger partial charge is 0.350 e. The molecule has 1 unspecified atom stereocenters. The van der Waals surface area contributed by atoms with E-state index in [1.165, 1.54) is 6.92 Å². The number of amides is 1. The Kier molecular flexibility index (Phi) is 6.16. The Morgan fingerprint density at radius 2 is 1.76 bits per heavy atom. The lowest BCUT2D eigenvalue weighted by molar-refractivity contribution is -0.122. The van der Waals surface area contributed by atoms with Gasteiger partial charge in [-0.05, 0) is 33.6 Å². The number of nitrogens with one attached hydrogen (secondary N) is 1. The molecule has 0 saturated heterocycles. The fraction of sp³-hybridized carbons (Fsp3) is 0.917. The van der Waals surface area contributed by atoms with Crippen molar-refractivity contribution in [2.45, 2.75) is 64.7 Å². The van der Waals surface area contributed by atoms with Gasteiger partial charge in [-0.15, -0.1) is 0 Å². The summed E-state index contributed by atoms with van der Waals surface area (Å²) in [6.07, 6.45) is 2.32. The molecule has 5 heteroatoms. The molecule has 0 aliphatic rings. The number of sulfone groups is 1. The summed E-state index contributed by atoms with van der Waals surface area (Å²) in [5.41, 5.74) is -0.345. The van der Waals surface area contributed by atoms with E-state index in [1.807, 2.05) is 20.8 Å². The Balaban J connectivity index is 4.63. The average molecular weight is 263 g/mol. The lowest BCUT2D eigenvalue weighted by Crippen LogP contribution is -2.49. The topological polar surface area (TPSA) is 63.2 Å². The summed E-state index contributed by atoms with van der Waals surface area (Å²) in [6, 6.07) is 0. The number of carbonyl (C=O) groups is 1. The van der Waals surface area contributed by atoms with Crippen LogP contribution in [0.5, 0.6) is 0 Å². The summed E-state index contributed by atoms with van der Waals surface area (Å²) >= 11 is 0. The monoisotopic (exact) mass is 263 g/mol. The van der Waals surface area contributed by atoms with Gasteiger partial charge in [0.15, 0.2) is 9.84 Å². The van der Waals surface area contributed by atoms with Crippen LogP contribution in [0.1, 0.15) is 53.9 Å². The smallest absolute Gasteiger partial charge is 0.238 e. The van der Waals surface area contributed by atoms with Crippen LogP contribution in [0.3, 0.4) is 0 Å². The van der Waals surface area contributed by atoms with Crippen molar-refractivity contribution in [1.82, 2.24) is 5.32 Å². The minimum Gasteiger partial charge on any atom is -0.350 e. The van der Waals surface area contributed by atoms with Gasteiger partial charge in [0, 0.05) is 5.54 Å². The Morgan fingerprint density at radius 1 is 1.24 bits per heavy atom. The second kappa shape index (κ2) is 6.38. The van der Waals surface area contributed by atoms with E-state index in [1.54, 1.807) is 6.92 Å². The first-order chi connectivity index (χ1) is 7.66. The molecule has 1 atom stereocenters. The highest BCUT2D eigenvalue weighted by Gasteiger charge is 2.30. The van der Waals surface area contributed by atoms with E-state index < -0.39 is 21.0 Å². The lowest BCUT2D eigenvalue weighted by Gasteiger charge is -2.27. The molecule has 0 aromatic heterocycles. The molecule has 0 rings (SSSR count). The highest BCUT2D eigenvalue weighted by molar-refractivity contribution is 7.92. The summed E-state index contributed by atoms with van der Waals surface area (Å²) in [4.78, 5) is 11.9. The summed E-state index contributed by atoms with van der Waals surface area (Å²) in [5.74, 6) is -0.326. The maximum absolute atomic E-state index is 11.9. The van der Waals surface area contributed by atoms with Gasteiger partial charge in [0.2, 0.25) is 5.91 Å². The van der Waals surface area contributed by atoms with Crippen LogP contribution in [-0.2, 0) is 14.6 Å². The zero-order valence-corrected chi connectivity index (χ0v) is 12.4. The first-order valence-corrected chi connectivity index (χ1v) is 7.91. The molecule has 0 heterocycles. The standard InChI is InChI=1S/C12H25NO3S/c1-6-8-12(4,5)13-11(14)10(3)17(15,16)9-7-2/h10H,6-9H2,1-5H3,(H,13,14). The van der Waals surface area contributed by atoms with Crippen LogP contribution in [-0.4, -0.2) is 30.9 Å². The maximum atomic E-state index is 11.9. The van der Waals surface area contributed by atoms with E-state index in [2.05, 4.69) is 5.32 Å². The van der Waals surface area contributed by atoms with Gasteiger partial charge in [0.1, 0.15) is 5.25 Å². The average Bonchev–Trinajstić information content (AvgIpc) is 2.15. The predicted octanol–water partition coefficient (Wildman–Crippen LogP) is 1.89. The molecule has 0 aliphatic carbocycles. The van der Waals surface area contributed by atoms with Crippen molar-refractivity contribution in [3.63, 3.8) is 0 Å². The maximum Gasteiger partial charge on any atom is 0.238 e. The highest BCUT2D eigenvalue weighted by atomic mass is 32.2. The summed E-state index contributed by atoms with van der Waals surface area (Å²) in [5, 5.41) is 1.84. The van der Waals surface area contributed by atoms with Crippen LogP contribution in [0.25, 0.3) is 0 Å².